The van der Waals surface area contributed by atoms with E-state index in [2.05, 4.69) is 16.0 Å². The molecule has 0 spiro atoms. The van der Waals surface area contributed by atoms with Gasteiger partial charge in [-0.15, -0.1) is 0 Å². The van der Waals surface area contributed by atoms with Crippen LogP contribution in [0, 0.1) is 5.92 Å². The lowest BCUT2D eigenvalue weighted by Gasteiger charge is -2.28. The monoisotopic (exact) mass is 502 g/mol. The Morgan fingerprint density at radius 2 is 1.46 bits per heavy atom. The maximum Gasteiger partial charge on any atom is 0.326 e. The molecule has 0 saturated carbocycles. The molecule has 4 amide bonds. The van der Waals surface area contributed by atoms with Gasteiger partial charge in [-0.3, -0.25) is 24.0 Å². The molecule has 14 nitrogen and oxygen atoms in total. The Labute approximate surface area is 203 Å². The molecule has 5 atom stereocenters. The lowest BCUT2D eigenvalue weighted by atomic mass is 9.96. The highest BCUT2D eigenvalue weighted by Gasteiger charge is 2.33. The van der Waals surface area contributed by atoms with Gasteiger partial charge in [0.15, 0.2) is 0 Å². The molecule has 0 fully saturated rings. The fourth-order valence-electron chi connectivity index (χ4n) is 3.06. The third kappa shape index (κ3) is 12.7. The van der Waals surface area contributed by atoms with Crippen molar-refractivity contribution in [1.82, 2.24) is 16.0 Å². The molecular weight excluding hydrogens is 464 g/mol. The van der Waals surface area contributed by atoms with Gasteiger partial charge >= 0.3 is 11.9 Å². The molecule has 0 saturated heterocycles. The summed E-state index contributed by atoms with van der Waals surface area (Å²) in [5.41, 5.74) is 16.3. The first kappa shape index (κ1) is 31.7. The molecule has 14 heteroatoms. The van der Waals surface area contributed by atoms with Crippen LogP contribution < -0.4 is 33.2 Å². The summed E-state index contributed by atoms with van der Waals surface area (Å²) in [6, 6.07) is -5.05. The van der Waals surface area contributed by atoms with Gasteiger partial charge in [0.25, 0.3) is 0 Å². The highest BCUT2D eigenvalue weighted by atomic mass is 16.4. The van der Waals surface area contributed by atoms with E-state index in [4.69, 9.17) is 22.3 Å². The van der Waals surface area contributed by atoms with Crippen molar-refractivity contribution in [2.45, 2.75) is 83.0 Å². The Bertz CT molecular complexity index is 762. The second kappa shape index (κ2) is 16.4. The van der Waals surface area contributed by atoms with E-state index < -0.39 is 72.1 Å². The van der Waals surface area contributed by atoms with Gasteiger partial charge in [-0.25, -0.2) is 4.79 Å². The standard InChI is InChI=1S/C21H38N6O8/c1-3-11(2)17(20(33)26-14(21(34)35)10-16(29)30)27-19(32)13(6-4-5-9-22)25-18(31)12(23)7-8-15(24)28/h11-14,17H,3-10,22-23H2,1-2H3,(H2,24,28)(H,25,31)(H,26,33)(H,27,32)(H,29,30)(H,34,35). The zero-order valence-corrected chi connectivity index (χ0v) is 20.1. The van der Waals surface area contributed by atoms with Crippen molar-refractivity contribution in [3.05, 3.63) is 0 Å². The minimum absolute atomic E-state index is 0.0175. The number of rotatable bonds is 18. The molecule has 0 aliphatic rings. The second-order valence-corrected chi connectivity index (χ2v) is 8.33. The first-order valence-electron chi connectivity index (χ1n) is 11.4. The topological polar surface area (TPSA) is 257 Å². The number of hydrogen-bond donors (Lipinski definition) is 8. The minimum Gasteiger partial charge on any atom is -0.481 e. The van der Waals surface area contributed by atoms with Crippen LogP contribution in [0.4, 0.5) is 0 Å². The van der Waals surface area contributed by atoms with E-state index in [1.165, 1.54) is 0 Å². The molecule has 5 unspecified atom stereocenters. The van der Waals surface area contributed by atoms with Gasteiger partial charge in [0.2, 0.25) is 23.6 Å². The molecule has 0 bridgehead atoms. The van der Waals surface area contributed by atoms with E-state index in [-0.39, 0.29) is 19.3 Å². The quantitative estimate of drug-likeness (QED) is 0.0935. The average Bonchev–Trinajstić information content (AvgIpc) is 2.78. The predicted molar refractivity (Wildman–Crippen MR) is 124 cm³/mol. The lowest BCUT2D eigenvalue weighted by molar-refractivity contribution is -0.147. The van der Waals surface area contributed by atoms with Crippen molar-refractivity contribution in [1.29, 1.82) is 0 Å². The van der Waals surface area contributed by atoms with Crippen molar-refractivity contribution >= 4 is 35.6 Å². The summed E-state index contributed by atoms with van der Waals surface area (Å²) in [6.45, 7) is 3.76. The molecule has 0 aromatic carbocycles. The van der Waals surface area contributed by atoms with E-state index in [0.29, 0.717) is 25.8 Å². The van der Waals surface area contributed by atoms with E-state index in [0.717, 1.165) is 0 Å². The smallest absolute Gasteiger partial charge is 0.326 e. The molecule has 200 valence electrons. The number of carboxylic acids is 2. The summed E-state index contributed by atoms with van der Waals surface area (Å²) in [5, 5.41) is 25.3. The number of unbranched alkanes of at least 4 members (excludes halogenated alkanes) is 1. The van der Waals surface area contributed by atoms with Crippen molar-refractivity contribution < 1.29 is 39.0 Å². The summed E-state index contributed by atoms with van der Waals surface area (Å²) in [6.07, 6.45) is 0.680. The molecule has 35 heavy (non-hydrogen) atoms. The average molecular weight is 503 g/mol. The highest BCUT2D eigenvalue weighted by molar-refractivity contribution is 5.94. The zero-order valence-electron chi connectivity index (χ0n) is 20.1. The normalized spacial score (nSPS) is 15.1. The van der Waals surface area contributed by atoms with Crippen LogP contribution in [0.2, 0.25) is 0 Å². The van der Waals surface area contributed by atoms with Crippen LogP contribution in [0.5, 0.6) is 0 Å². The Hall–Kier alpha value is -3.26. The maximum absolute atomic E-state index is 13.0. The van der Waals surface area contributed by atoms with Crippen LogP contribution in [0.3, 0.4) is 0 Å². The number of aliphatic carboxylic acids is 2. The van der Waals surface area contributed by atoms with Crippen molar-refractivity contribution in [2.75, 3.05) is 6.54 Å². The highest BCUT2D eigenvalue weighted by Crippen LogP contribution is 2.11. The van der Waals surface area contributed by atoms with Gasteiger partial charge in [-0.05, 0) is 38.1 Å². The van der Waals surface area contributed by atoms with Crippen LogP contribution in [0.15, 0.2) is 0 Å². The number of carbonyl (C=O) groups excluding carboxylic acids is 4. The lowest BCUT2D eigenvalue weighted by Crippen LogP contribution is -2.58. The number of carboxylic acid groups (broad SMARTS) is 2. The molecule has 0 rings (SSSR count). The molecule has 11 N–H and O–H groups in total. The van der Waals surface area contributed by atoms with Crippen LogP contribution in [-0.2, 0) is 28.8 Å². The Morgan fingerprint density at radius 3 is 1.94 bits per heavy atom. The van der Waals surface area contributed by atoms with Crippen molar-refractivity contribution in [3.63, 3.8) is 0 Å². The number of carbonyl (C=O) groups is 6. The van der Waals surface area contributed by atoms with Crippen molar-refractivity contribution in [3.8, 4) is 0 Å². The molecule has 0 aliphatic heterocycles. The first-order chi connectivity index (χ1) is 16.3. The third-order valence-corrected chi connectivity index (χ3v) is 5.40. The van der Waals surface area contributed by atoms with E-state index in [9.17, 15) is 33.9 Å². The third-order valence-electron chi connectivity index (χ3n) is 5.40. The number of hydrogen-bond acceptors (Lipinski definition) is 8. The maximum atomic E-state index is 13.0. The summed E-state index contributed by atoms with van der Waals surface area (Å²) >= 11 is 0. The molecular formula is C21H38N6O8. The van der Waals surface area contributed by atoms with E-state index in [1.807, 2.05) is 0 Å². The van der Waals surface area contributed by atoms with Gasteiger partial charge in [0.1, 0.15) is 18.1 Å². The Kier molecular flexibility index (Phi) is 14.9. The summed E-state index contributed by atoms with van der Waals surface area (Å²) < 4.78 is 0. The fourth-order valence-corrected chi connectivity index (χ4v) is 3.06. The second-order valence-electron chi connectivity index (χ2n) is 8.33. The summed E-state index contributed by atoms with van der Waals surface area (Å²) in [4.78, 5) is 71.4. The van der Waals surface area contributed by atoms with Crippen LogP contribution in [-0.4, -0.2) is 76.5 Å². The Morgan fingerprint density at radius 1 is 0.857 bits per heavy atom. The van der Waals surface area contributed by atoms with Gasteiger partial charge < -0.3 is 43.4 Å². The van der Waals surface area contributed by atoms with Crippen LogP contribution >= 0.6 is 0 Å². The van der Waals surface area contributed by atoms with Crippen LogP contribution in [0.25, 0.3) is 0 Å². The molecule has 0 aromatic heterocycles. The summed E-state index contributed by atoms with van der Waals surface area (Å²) in [7, 11) is 0. The largest absolute Gasteiger partial charge is 0.481 e. The molecule has 0 aliphatic carbocycles. The van der Waals surface area contributed by atoms with E-state index >= 15 is 0 Å². The predicted octanol–water partition coefficient (Wildman–Crippen LogP) is -2.23. The molecule has 0 aromatic rings. The number of amides is 4. The van der Waals surface area contributed by atoms with Crippen LogP contribution in [0.1, 0.15) is 58.8 Å². The zero-order chi connectivity index (χ0) is 27.1. The van der Waals surface area contributed by atoms with Gasteiger partial charge in [0, 0.05) is 6.42 Å². The Balaban J connectivity index is 5.56. The van der Waals surface area contributed by atoms with Gasteiger partial charge in [-0.2, -0.15) is 0 Å². The number of nitrogens with one attached hydrogen (secondary N) is 3. The first-order valence-corrected chi connectivity index (χ1v) is 11.4. The van der Waals surface area contributed by atoms with Gasteiger partial charge in [-0.1, -0.05) is 20.3 Å². The minimum atomic E-state index is -1.69. The van der Waals surface area contributed by atoms with E-state index in [1.54, 1.807) is 13.8 Å². The summed E-state index contributed by atoms with van der Waals surface area (Å²) in [5.74, 6) is -6.29. The molecule has 0 radical (unpaired) electrons. The number of primary amides is 1. The van der Waals surface area contributed by atoms with Gasteiger partial charge in [0.05, 0.1) is 12.5 Å². The fraction of sp³-hybridized carbons (Fsp3) is 0.714. The SMILES string of the molecule is CCC(C)C(NC(=O)C(CCCCN)NC(=O)C(N)CCC(N)=O)C(=O)NC(CC(=O)O)C(=O)O. The number of nitrogens with two attached hydrogens (primary N) is 3. The van der Waals surface area contributed by atoms with Crippen molar-refractivity contribution in [2.24, 2.45) is 23.1 Å². The molecule has 0 heterocycles.